The van der Waals surface area contributed by atoms with Gasteiger partial charge in [-0.2, -0.15) is 0 Å². The Balaban J connectivity index is 0.00000676. The molecule has 2 N–H and O–H groups in total. The highest BCUT2D eigenvalue weighted by Crippen LogP contribution is 2.20. The van der Waals surface area contributed by atoms with E-state index in [-0.39, 0.29) is 28.7 Å². The zero-order valence-corrected chi connectivity index (χ0v) is 20.4. The summed E-state index contributed by atoms with van der Waals surface area (Å²) in [6.45, 7) is 10.2. The molecule has 27 heavy (non-hydrogen) atoms. The van der Waals surface area contributed by atoms with E-state index >= 15 is 0 Å². The minimum atomic E-state index is -0.884. The second-order valence-electron chi connectivity index (χ2n) is 6.97. The second-order valence-corrected chi connectivity index (χ2v) is 9.29. The summed E-state index contributed by atoms with van der Waals surface area (Å²) in [4.78, 5) is 4.22. The van der Waals surface area contributed by atoms with Crippen molar-refractivity contribution < 1.29 is 13.7 Å². The normalized spacial score (nSPS) is 12.9. The second kappa shape index (κ2) is 13.3. The maximum atomic E-state index is 12.1. The van der Waals surface area contributed by atoms with Gasteiger partial charge in [-0.05, 0) is 39.3 Å². The molecule has 1 aromatic rings. The summed E-state index contributed by atoms with van der Waals surface area (Å²) >= 11 is 0. The highest BCUT2D eigenvalue weighted by Gasteiger charge is 2.18. The third-order valence-corrected chi connectivity index (χ3v) is 5.64. The number of methoxy groups -OCH3 is 1. The molecule has 0 bridgehead atoms. The Labute approximate surface area is 183 Å². The van der Waals surface area contributed by atoms with Crippen molar-refractivity contribution in [1.82, 2.24) is 10.6 Å². The third-order valence-electron chi connectivity index (χ3n) is 3.70. The number of nitrogens with one attached hydrogen (secondary N) is 2. The molecule has 6 nitrogen and oxygen atoms in total. The summed E-state index contributed by atoms with van der Waals surface area (Å²) in [6.07, 6.45) is 0. The van der Waals surface area contributed by atoms with Crippen LogP contribution >= 0.6 is 24.0 Å². The standard InChI is InChI=1S/C19H33N3O3S.HI/c1-15-7-8-16(17(13-15)25-11-10-24-6)14-22-18(20-5)21-9-12-26(23)19(2,3)4;/h7-8,13H,9-12,14H2,1-6H3,(H2,20,21,22);1H. The monoisotopic (exact) mass is 511 g/mol. The van der Waals surface area contributed by atoms with Gasteiger partial charge in [0.05, 0.1) is 6.61 Å². The van der Waals surface area contributed by atoms with Crippen LogP contribution in [-0.4, -0.2) is 54.6 Å². The lowest BCUT2D eigenvalue weighted by Crippen LogP contribution is -2.40. The average molecular weight is 511 g/mol. The summed E-state index contributed by atoms with van der Waals surface area (Å²) in [5.41, 5.74) is 2.20. The van der Waals surface area contributed by atoms with Crippen LogP contribution in [-0.2, 0) is 22.1 Å². The van der Waals surface area contributed by atoms with Crippen molar-refractivity contribution in [3.05, 3.63) is 29.3 Å². The van der Waals surface area contributed by atoms with Crippen LogP contribution in [0.25, 0.3) is 0 Å². The topological polar surface area (TPSA) is 72.0 Å². The first-order valence-corrected chi connectivity index (χ1v) is 10.1. The zero-order chi connectivity index (χ0) is 19.6. The lowest BCUT2D eigenvalue weighted by molar-refractivity contribution is 0.145. The number of hydrogen-bond acceptors (Lipinski definition) is 4. The summed E-state index contributed by atoms with van der Waals surface area (Å²) in [5, 5.41) is 6.49. The summed E-state index contributed by atoms with van der Waals surface area (Å²) in [5.74, 6) is 2.11. The Morgan fingerprint density at radius 3 is 2.52 bits per heavy atom. The molecular formula is C19H34IN3O3S. The first kappa shape index (κ1) is 26.1. The molecule has 0 aliphatic heterocycles. The van der Waals surface area contributed by atoms with Gasteiger partial charge in [-0.25, -0.2) is 0 Å². The first-order chi connectivity index (χ1) is 12.3. The molecule has 1 aromatic carbocycles. The molecule has 0 spiro atoms. The molecule has 8 heteroatoms. The molecule has 1 unspecified atom stereocenters. The molecule has 0 saturated carbocycles. The van der Waals surface area contributed by atoms with E-state index in [1.54, 1.807) is 14.2 Å². The van der Waals surface area contributed by atoms with Crippen LogP contribution in [0.1, 0.15) is 31.9 Å². The highest BCUT2D eigenvalue weighted by molar-refractivity contribution is 14.0. The number of guanidine groups is 1. The Kier molecular flexibility index (Phi) is 12.9. The fraction of sp³-hybridized carbons (Fsp3) is 0.632. The van der Waals surface area contributed by atoms with E-state index in [1.165, 1.54) is 0 Å². The molecule has 0 aliphatic carbocycles. The Morgan fingerprint density at radius 1 is 1.22 bits per heavy atom. The summed E-state index contributed by atoms with van der Waals surface area (Å²) in [6, 6.07) is 6.13. The summed E-state index contributed by atoms with van der Waals surface area (Å²) in [7, 11) is 2.50. The molecular weight excluding hydrogens is 477 g/mol. The molecule has 1 rings (SSSR count). The molecule has 0 fully saturated rings. The SMILES string of the molecule is CN=C(NCCS(=O)C(C)(C)C)NCc1ccc(C)cc1OCCOC.I. The Hall–Kier alpha value is -0.870. The van der Waals surface area contributed by atoms with Crippen molar-refractivity contribution in [1.29, 1.82) is 0 Å². The largest absolute Gasteiger partial charge is 0.491 e. The van der Waals surface area contributed by atoms with Gasteiger partial charge in [0.25, 0.3) is 0 Å². The van der Waals surface area contributed by atoms with E-state index in [9.17, 15) is 4.21 Å². The van der Waals surface area contributed by atoms with E-state index in [0.717, 1.165) is 16.9 Å². The quantitative estimate of drug-likeness (QED) is 0.231. The Bertz CT molecular complexity index is 619. The number of halogens is 1. The van der Waals surface area contributed by atoms with Crippen LogP contribution in [0, 0.1) is 6.92 Å². The third kappa shape index (κ3) is 10.3. The maximum Gasteiger partial charge on any atom is 0.191 e. The minimum Gasteiger partial charge on any atom is -0.491 e. The molecule has 156 valence electrons. The van der Waals surface area contributed by atoms with Crippen LogP contribution in [0.2, 0.25) is 0 Å². The van der Waals surface area contributed by atoms with Gasteiger partial charge in [-0.15, -0.1) is 24.0 Å². The van der Waals surface area contributed by atoms with Crippen molar-refractivity contribution in [2.75, 3.05) is 39.7 Å². The van der Waals surface area contributed by atoms with E-state index in [2.05, 4.69) is 21.7 Å². The molecule has 0 aromatic heterocycles. The van der Waals surface area contributed by atoms with E-state index in [4.69, 9.17) is 9.47 Å². The lowest BCUT2D eigenvalue weighted by Gasteiger charge is -2.19. The number of aliphatic imine (C=N–C) groups is 1. The number of nitrogens with zero attached hydrogens (tertiary/aromatic N) is 1. The van der Waals surface area contributed by atoms with Gasteiger partial charge in [-0.3, -0.25) is 9.20 Å². The molecule has 0 radical (unpaired) electrons. The minimum absolute atomic E-state index is 0. The van der Waals surface area contributed by atoms with Gasteiger partial charge in [0.15, 0.2) is 5.96 Å². The number of ether oxygens (including phenoxy) is 2. The van der Waals surface area contributed by atoms with Crippen molar-refractivity contribution in [3.8, 4) is 5.75 Å². The van der Waals surface area contributed by atoms with Crippen molar-refractivity contribution >= 4 is 40.7 Å². The van der Waals surface area contributed by atoms with Gasteiger partial charge < -0.3 is 20.1 Å². The molecule has 1 atom stereocenters. The number of hydrogen-bond donors (Lipinski definition) is 2. The first-order valence-electron chi connectivity index (χ1n) is 8.82. The van der Waals surface area contributed by atoms with Crippen LogP contribution in [0.15, 0.2) is 23.2 Å². The number of rotatable bonds is 9. The molecule has 0 heterocycles. The van der Waals surface area contributed by atoms with Crippen LogP contribution in [0.3, 0.4) is 0 Å². The lowest BCUT2D eigenvalue weighted by atomic mass is 10.1. The van der Waals surface area contributed by atoms with Gasteiger partial charge in [0.1, 0.15) is 12.4 Å². The summed E-state index contributed by atoms with van der Waals surface area (Å²) < 4.78 is 22.8. The molecule has 0 saturated heterocycles. The van der Waals surface area contributed by atoms with Gasteiger partial charge in [0, 0.05) is 54.1 Å². The van der Waals surface area contributed by atoms with E-state index in [1.807, 2.05) is 39.8 Å². The number of aryl methyl sites for hydroxylation is 1. The number of benzene rings is 1. The van der Waals surface area contributed by atoms with Gasteiger partial charge in [0.2, 0.25) is 0 Å². The van der Waals surface area contributed by atoms with Gasteiger partial charge in [-0.1, -0.05) is 12.1 Å². The van der Waals surface area contributed by atoms with Crippen LogP contribution < -0.4 is 15.4 Å². The molecule has 0 amide bonds. The van der Waals surface area contributed by atoms with Crippen molar-refractivity contribution in [2.45, 2.75) is 39.0 Å². The van der Waals surface area contributed by atoms with Crippen molar-refractivity contribution in [2.24, 2.45) is 4.99 Å². The smallest absolute Gasteiger partial charge is 0.191 e. The predicted molar refractivity (Wildman–Crippen MR) is 125 cm³/mol. The van der Waals surface area contributed by atoms with E-state index < -0.39 is 10.8 Å². The van der Waals surface area contributed by atoms with Crippen LogP contribution in [0.4, 0.5) is 0 Å². The maximum absolute atomic E-state index is 12.1. The van der Waals surface area contributed by atoms with E-state index in [0.29, 0.717) is 38.0 Å². The molecule has 0 aliphatic rings. The van der Waals surface area contributed by atoms with Crippen LogP contribution in [0.5, 0.6) is 5.75 Å². The fourth-order valence-corrected chi connectivity index (χ4v) is 3.04. The van der Waals surface area contributed by atoms with Gasteiger partial charge >= 0.3 is 0 Å². The predicted octanol–water partition coefficient (Wildman–Crippen LogP) is 2.85. The fourth-order valence-electron chi connectivity index (χ4n) is 2.15. The average Bonchev–Trinajstić information content (AvgIpc) is 2.58. The zero-order valence-electron chi connectivity index (χ0n) is 17.3. The Morgan fingerprint density at radius 2 is 1.93 bits per heavy atom. The van der Waals surface area contributed by atoms with Crippen molar-refractivity contribution in [3.63, 3.8) is 0 Å². The highest BCUT2D eigenvalue weighted by atomic mass is 127.